The van der Waals surface area contributed by atoms with E-state index in [9.17, 15) is 0 Å². The largest absolute Gasteiger partial charge is 0.381 e. The van der Waals surface area contributed by atoms with Gasteiger partial charge in [-0.2, -0.15) is 17.0 Å². The molecule has 1 unspecified atom stereocenters. The van der Waals surface area contributed by atoms with Crippen LogP contribution in [0.25, 0.3) is 0 Å². The third kappa shape index (κ3) is 3.34. The van der Waals surface area contributed by atoms with Gasteiger partial charge in [0.15, 0.2) is 0 Å². The number of halogens is 1. The van der Waals surface area contributed by atoms with Gasteiger partial charge in [0, 0.05) is 17.5 Å². The van der Waals surface area contributed by atoms with Gasteiger partial charge in [0.1, 0.15) is 6.07 Å². The molecule has 1 aromatic carbocycles. The summed E-state index contributed by atoms with van der Waals surface area (Å²) in [6, 6.07) is 8.09. The fraction of sp³-hybridized carbons (Fsp3) is 0.500. The number of anilines is 1. The normalized spacial score (nSPS) is 22.2. The number of nitriles is 1. The number of hydrogen-bond donors (Lipinski definition) is 1. The van der Waals surface area contributed by atoms with Crippen LogP contribution in [0.4, 0.5) is 5.69 Å². The van der Waals surface area contributed by atoms with Gasteiger partial charge >= 0.3 is 0 Å². The number of nitrogens with one attached hydrogen (secondary N) is 1. The number of thioether (sulfide) groups is 1. The van der Waals surface area contributed by atoms with Crippen molar-refractivity contribution < 1.29 is 0 Å². The van der Waals surface area contributed by atoms with Crippen LogP contribution in [0.15, 0.2) is 18.2 Å². The molecule has 1 heterocycles. The standard InChI is InChI=1S/C14H17ClN2S/c1-14(2)6-12(8-18-9-14)17-11-4-3-10(7-16)13(15)5-11/h3-5,12,17H,6,8-9H2,1-2H3. The first-order valence-electron chi connectivity index (χ1n) is 6.04. The van der Waals surface area contributed by atoms with Gasteiger partial charge in [0.05, 0.1) is 10.6 Å². The Hall–Kier alpha value is -0.850. The fourth-order valence-corrected chi connectivity index (χ4v) is 3.78. The molecule has 0 aromatic heterocycles. The Labute approximate surface area is 118 Å². The first kappa shape index (κ1) is 13.6. The van der Waals surface area contributed by atoms with E-state index in [4.69, 9.17) is 16.9 Å². The highest BCUT2D eigenvalue weighted by atomic mass is 35.5. The van der Waals surface area contributed by atoms with Gasteiger partial charge in [0.2, 0.25) is 0 Å². The van der Waals surface area contributed by atoms with Crippen molar-refractivity contribution in [2.24, 2.45) is 5.41 Å². The van der Waals surface area contributed by atoms with Crippen LogP contribution < -0.4 is 5.32 Å². The minimum absolute atomic E-state index is 0.386. The summed E-state index contributed by atoms with van der Waals surface area (Å²) < 4.78 is 0. The van der Waals surface area contributed by atoms with E-state index in [1.165, 1.54) is 5.75 Å². The van der Waals surface area contributed by atoms with Gasteiger partial charge in [0.25, 0.3) is 0 Å². The number of rotatable bonds is 2. The van der Waals surface area contributed by atoms with E-state index in [1.807, 2.05) is 23.9 Å². The second-order valence-corrected chi connectivity index (χ2v) is 6.97. The van der Waals surface area contributed by atoms with Crippen molar-refractivity contribution in [2.75, 3.05) is 16.8 Å². The molecule has 1 aromatic rings. The van der Waals surface area contributed by atoms with Crippen molar-refractivity contribution in [2.45, 2.75) is 26.3 Å². The molecular formula is C14H17ClN2S. The first-order chi connectivity index (χ1) is 8.50. The Balaban J connectivity index is 2.06. The lowest BCUT2D eigenvalue weighted by molar-refractivity contribution is 0.358. The minimum Gasteiger partial charge on any atom is -0.381 e. The summed E-state index contributed by atoms with van der Waals surface area (Å²) in [5.41, 5.74) is 1.92. The summed E-state index contributed by atoms with van der Waals surface area (Å²) in [7, 11) is 0. The highest BCUT2D eigenvalue weighted by molar-refractivity contribution is 7.99. The average Bonchev–Trinajstić information content (AvgIpc) is 2.28. The van der Waals surface area contributed by atoms with E-state index in [0.717, 1.165) is 17.9 Å². The molecule has 96 valence electrons. The predicted molar refractivity (Wildman–Crippen MR) is 79.3 cm³/mol. The van der Waals surface area contributed by atoms with Gasteiger partial charge in [-0.1, -0.05) is 25.4 Å². The molecule has 18 heavy (non-hydrogen) atoms. The lowest BCUT2D eigenvalue weighted by Crippen LogP contribution is -2.35. The topological polar surface area (TPSA) is 35.8 Å². The third-order valence-electron chi connectivity index (χ3n) is 3.07. The Morgan fingerprint density at radius 3 is 2.89 bits per heavy atom. The zero-order valence-corrected chi connectivity index (χ0v) is 12.2. The van der Waals surface area contributed by atoms with Gasteiger partial charge in [-0.3, -0.25) is 0 Å². The number of hydrogen-bond acceptors (Lipinski definition) is 3. The zero-order valence-electron chi connectivity index (χ0n) is 10.7. The molecule has 1 aliphatic heterocycles. The second kappa shape index (κ2) is 5.42. The quantitative estimate of drug-likeness (QED) is 0.884. The smallest absolute Gasteiger partial charge is 0.101 e. The molecule has 0 amide bonds. The van der Waals surface area contributed by atoms with Gasteiger partial charge < -0.3 is 5.32 Å². The van der Waals surface area contributed by atoms with Crippen molar-refractivity contribution in [3.05, 3.63) is 28.8 Å². The zero-order chi connectivity index (χ0) is 13.2. The van der Waals surface area contributed by atoms with Crippen molar-refractivity contribution in [3.63, 3.8) is 0 Å². The molecule has 4 heteroatoms. The maximum absolute atomic E-state index is 8.84. The molecule has 1 saturated heterocycles. The van der Waals surface area contributed by atoms with E-state index >= 15 is 0 Å². The Bertz CT molecular complexity index is 479. The third-order valence-corrected chi connectivity index (χ3v) is 5.01. The summed E-state index contributed by atoms with van der Waals surface area (Å²) in [4.78, 5) is 0. The summed E-state index contributed by atoms with van der Waals surface area (Å²) in [5, 5.41) is 12.9. The molecule has 1 N–H and O–H groups in total. The van der Waals surface area contributed by atoms with Gasteiger partial charge in [-0.05, 0) is 35.8 Å². The summed E-state index contributed by atoms with van der Waals surface area (Å²) >= 11 is 8.03. The Kier molecular flexibility index (Phi) is 4.09. The minimum atomic E-state index is 0.386. The van der Waals surface area contributed by atoms with E-state index in [0.29, 0.717) is 22.0 Å². The molecule has 2 rings (SSSR count). The molecule has 2 nitrogen and oxygen atoms in total. The molecule has 0 spiro atoms. The van der Waals surface area contributed by atoms with Crippen molar-refractivity contribution >= 4 is 29.1 Å². The van der Waals surface area contributed by atoms with Crippen LogP contribution in [0.1, 0.15) is 25.8 Å². The van der Waals surface area contributed by atoms with Crippen LogP contribution in [0.2, 0.25) is 5.02 Å². The number of benzene rings is 1. The molecule has 1 atom stereocenters. The molecule has 0 radical (unpaired) electrons. The molecule has 0 saturated carbocycles. The maximum atomic E-state index is 8.84. The maximum Gasteiger partial charge on any atom is 0.101 e. The van der Waals surface area contributed by atoms with E-state index in [1.54, 1.807) is 6.07 Å². The number of nitrogens with zero attached hydrogens (tertiary/aromatic N) is 1. The predicted octanol–water partition coefficient (Wildman–Crippen LogP) is 4.16. The Morgan fingerprint density at radius 1 is 1.50 bits per heavy atom. The fourth-order valence-electron chi connectivity index (χ4n) is 2.29. The lowest BCUT2D eigenvalue weighted by atomic mass is 9.88. The van der Waals surface area contributed by atoms with E-state index < -0.39 is 0 Å². The van der Waals surface area contributed by atoms with Crippen LogP contribution in [-0.4, -0.2) is 17.5 Å². The molecule has 0 bridgehead atoms. The Morgan fingerprint density at radius 2 is 2.28 bits per heavy atom. The van der Waals surface area contributed by atoms with E-state index in [2.05, 4.69) is 25.2 Å². The second-order valence-electron chi connectivity index (χ2n) is 5.53. The molecule has 0 aliphatic carbocycles. The van der Waals surface area contributed by atoms with Crippen molar-refractivity contribution in [1.29, 1.82) is 5.26 Å². The molecular weight excluding hydrogens is 264 g/mol. The average molecular weight is 281 g/mol. The summed E-state index contributed by atoms with van der Waals surface area (Å²) in [5.74, 6) is 2.35. The van der Waals surface area contributed by atoms with Gasteiger partial charge in [-0.15, -0.1) is 0 Å². The highest BCUT2D eigenvalue weighted by Gasteiger charge is 2.28. The van der Waals surface area contributed by atoms with Crippen LogP contribution in [0.3, 0.4) is 0 Å². The summed E-state index contributed by atoms with van der Waals surface area (Å²) in [6.07, 6.45) is 1.16. The van der Waals surface area contributed by atoms with E-state index in [-0.39, 0.29) is 0 Å². The van der Waals surface area contributed by atoms with Crippen molar-refractivity contribution in [3.8, 4) is 6.07 Å². The van der Waals surface area contributed by atoms with Crippen LogP contribution in [-0.2, 0) is 0 Å². The highest BCUT2D eigenvalue weighted by Crippen LogP contribution is 2.35. The summed E-state index contributed by atoms with van der Waals surface area (Å²) in [6.45, 7) is 4.61. The van der Waals surface area contributed by atoms with Crippen LogP contribution >= 0.6 is 23.4 Å². The molecule has 1 aliphatic rings. The van der Waals surface area contributed by atoms with Crippen LogP contribution in [0.5, 0.6) is 0 Å². The monoisotopic (exact) mass is 280 g/mol. The van der Waals surface area contributed by atoms with Crippen LogP contribution in [0, 0.1) is 16.7 Å². The SMILES string of the molecule is CC1(C)CSCC(Nc2ccc(C#N)c(Cl)c2)C1. The first-order valence-corrected chi connectivity index (χ1v) is 7.57. The lowest BCUT2D eigenvalue weighted by Gasteiger charge is -2.35. The van der Waals surface area contributed by atoms with Gasteiger partial charge in [-0.25, -0.2) is 0 Å². The molecule has 1 fully saturated rings. The van der Waals surface area contributed by atoms with Crippen molar-refractivity contribution in [1.82, 2.24) is 0 Å².